The highest BCUT2D eigenvalue weighted by atomic mass is 16.5. The molecule has 0 aliphatic rings. The summed E-state index contributed by atoms with van der Waals surface area (Å²) in [6.45, 7) is 2.21. The van der Waals surface area contributed by atoms with Crippen molar-refractivity contribution in [3.8, 4) is 0 Å². The normalized spacial score (nSPS) is 10.6. The number of nitrogens with zero attached hydrogens (tertiary/aromatic N) is 4. The van der Waals surface area contributed by atoms with Crippen molar-refractivity contribution < 1.29 is 14.4 Å². The zero-order chi connectivity index (χ0) is 12.3. The molecule has 0 bridgehead atoms. The van der Waals surface area contributed by atoms with Crippen LogP contribution in [-0.2, 0) is 13.0 Å². The van der Waals surface area contributed by atoms with E-state index in [1.807, 2.05) is 6.92 Å². The van der Waals surface area contributed by atoms with Crippen LogP contribution < -0.4 is 0 Å². The third-order valence-corrected chi connectivity index (χ3v) is 2.20. The van der Waals surface area contributed by atoms with Gasteiger partial charge in [-0.2, -0.15) is 10.1 Å². The maximum absolute atomic E-state index is 10.9. The number of hydrogen-bond acceptors (Lipinski definition) is 5. The molecule has 0 aliphatic carbocycles. The maximum atomic E-state index is 10.9. The van der Waals surface area contributed by atoms with Crippen molar-refractivity contribution in [3.05, 3.63) is 29.7 Å². The van der Waals surface area contributed by atoms with Crippen LogP contribution >= 0.6 is 0 Å². The van der Waals surface area contributed by atoms with Crippen molar-refractivity contribution in [3.63, 3.8) is 0 Å². The van der Waals surface area contributed by atoms with Crippen LogP contribution in [0.1, 0.15) is 35.5 Å². The molecule has 0 aliphatic heterocycles. The van der Waals surface area contributed by atoms with Crippen molar-refractivity contribution in [2.24, 2.45) is 0 Å². The standard InChI is InChI=1S/C10H12N4O3/c1-2-3-9-12-8(13-17-9)6-14-7(10(15)16)4-5-11-14/h4-5H,2-3,6H2,1H3,(H,15,16). The van der Waals surface area contributed by atoms with Crippen molar-refractivity contribution in [2.75, 3.05) is 0 Å². The molecule has 90 valence electrons. The second kappa shape index (κ2) is 4.77. The minimum atomic E-state index is -1.03. The number of carbonyl (C=O) groups is 1. The third kappa shape index (κ3) is 2.49. The van der Waals surface area contributed by atoms with Crippen LogP contribution in [0.15, 0.2) is 16.8 Å². The lowest BCUT2D eigenvalue weighted by atomic mass is 10.3. The Labute approximate surface area is 97.1 Å². The van der Waals surface area contributed by atoms with Crippen LogP contribution in [0.3, 0.4) is 0 Å². The van der Waals surface area contributed by atoms with E-state index in [-0.39, 0.29) is 12.2 Å². The van der Waals surface area contributed by atoms with Gasteiger partial charge in [0.05, 0.1) is 0 Å². The molecule has 0 radical (unpaired) electrons. The Balaban J connectivity index is 2.14. The number of rotatable bonds is 5. The fourth-order valence-electron chi connectivity index (χ4n) is 1.44. The number of carboxylic acids is 1. The first-order chi connectivity index (χ1) is 8.20. The molecule has 0 amide bonds. The van der Waals surface area contributed by atoms with Gasteiger partial charge in [-0.1, -0.05) is 12.1 Å². The Morgan fingerprint density at radius 3 is 3.12 bits per heavy atom. The minimum Gasteiger partial charge on any atom is -0.477 e. The highest BCUT2D eigenvalue weighted by molar-refractivity contribution is 5.85. The Hall–Kier alpha value is -2.18. The van der Waals surface area contributed by atoms with E-state index >= 15 is 0 Å². The third-order valence-electron chi connectivity index (χ3n) is 2.20. The van der Waals surface area contributed by atoms with Crippen molar-refractivity contribution in [1.29, 1.82) is 0 Å². The lowest BCUT2D eigenvalue weighted by Gasteiger charge is -1.99. The SMILES string of the molecule is CCCc1nc(Cn2nccc2C(=O)O)no1. The first-order valence-electron chi connectivity index (χ1n) is 5.27. The second-order valence-electron chi connectivity index (χ2n) is 3.53. The van der Waals surface area contributed by atoms with Gasteiger partial charge in [-0.25, -0.2) is 4.79 Å². The average molecular weight is 236 g/mol. The van der Waals surface area contributed by atoms with Gasteiger partial charge in [-0.15, -0.1) is 0 Å². The molecule has 0 spiro atoms. The molecule has 0 saturated heterocycles. The predicted molar refractivity (Wildman–Crippen MR) is 56.6 cm³/mol. The van der Waals surface area contributed by atoms with E-state index in [0.29, 0.717) is 11.7 Å². The average Bonchev–Trinajstić information content (AvgIpc) is 2.89. The summed E-state index contributed by atoms with van der Waals surface area (Å²) in [6.07, 6.45) is 3.07. The number of aromatic nitrogens is 4. The molecule has 0 atom stereocenters. The Morgan fingerprint density at radius 1 is 1.59 bits per heavy atom. The molecule has 0 saturated carbocycles. The lowest BCUT2D eigenvalue weighted by Crippen LogP contribution is -2.11. The largest absolute Gasteiger partial charge is 0.477 e. The maximum Gasteiger partial charge on any atom is 0.354 e. The van der Waals surface area contributed by atoms with Crippen LogP contribution in [0, 0.1) is 0 Å². The summed E-state index contributed by atoms with van der Waals surface area (Å²) in [6, 6.07) is 1.43. The number of aromatic carboxylic acids is 1. The Morgan fingerprint density at radius 2 is 2.41 bits per heavy atom. The van der Waals surface area contributed by atoms with Crippen molar-refractivity contribution in [1.82, 2.24) is 19.9 Å². The fourth-order valence-corrected chi connectivity index (χ4v) is 1.44. The molecule has 0 fully saturated rings. The molecule has 0 unspecified atom stereocenters. The monoisotopic (exact) mass is 236 g/mol. The number of carboxylic acid groups (broad SMARTS) is 1. The highest BCUT2D eigenvalue weighted by Gasteiger charge is 2.13. The van der Waals surface area contributed by atoms with Crippen LogP contribution in [0.25, 0.3) is 0 Å². The van der Waals surface area contributed by atoms with E-state index in [0.717, 1.165) is 12.8 Å². The fraction of sp³-hybridized carbons (Fsp3) is 0.400. The first-order valence-corrected chi connectivity index (χ1v) is 5.27. The zero-order valence-corrected chi connectivity index (χ0v) is 9.33. The van der Waals surface area contributed by atoms with E-state index in [2.05, 4.69) is 15.2 Å². The van der Waals surface area contributed by atoms with Crippen LogP contribution in [0.4, 0.5) is 0 Å². The van der Waals surface area contributed by atoms with E-state index < -0.39 is 5.97 Å². The smallest absolute Gasteiger partial charge is 0.354 e. The molecular weight excluding hydrogens is 224 g/mol. The van der Waals surface area contributed by atoms with E-state index in [1.165, 1.54) is 16.9 Å². The van der Waals surface area contributed by atoms with Gasteiger partial charge in [-0.05, 0) is 12.5 Å². The van der Waals surface area contributed by atoms with Gasteiger partial charge in [0.25, 0.3) is 0 Å². The quantitative estimate of drug-likeness (QED) is 0.831. The molecule has 2 aromatic heterocycles. The van der Waals surface area contributed by atoms with E-state index in [4.69, 9.17) is 9.63 Å². The summed E-state index contributed by atoms with van der Waals surface area (Å²) in [5.74, 6) is -0.0362. The Bertz CT molecular complexity index is 517. The molecule has 1 N–H and O–H groups in total. The van der Waals surface area contributed by atoms with Gasteiger partial charge >= 0.3 is 5.97 Å². The molecule has 2 rings (SSSR count). The number of aryl methyl sites for hydroxylation is 1. The Kier molecular flexibility index (Phi) is 3.17. The van der Waals surface area contributed by atoms with Gasteiger partial charge < -0.3 is 9.63 Å². The molecule has 7 nitrogen and oxygen atoms in total. The number of hydrogen-bond donors (Lipinski definition) is 1. The van der Waals surface area contributed by atoms with Gasteiger partial charge in [-0.3, -0.25) is 4.68 Å². The van der Waals surface area contributed by atoms with E-state index in [9.17, 15) is 4.79 Å². The predicted octanol–water partition coefficient (Wildman–Crippen LogP) is 0.965. The summed E-state index contributed by atoms with van der Waals surface area (Å²) < 4.78 is 6.33. The lowest BCUT2D eigenvalue weighted by molar-refractivity contribution is 0.0684. The molecule has 2 heterocycles. The van der Waals surface area contributed by atoms with Crippen LogP contribution in [-0.4, -0.2) is 31.0 Å². The van der Waals surface area contributed by atoms with Gasteiger partial charge in [0.1, 0.15) is 12.2 Å². The molecule has 7 heteroatoms. The van der Waals surface area contributed by atoms with Gasteiger partial charge in [0, 0.05) is 12.6 Å². The summed E-state index contributed by atoms with van der Waals surface area (Å²) in [7, 11) is 0. The van der Waals surface area contributed by atoms with Crippen molar-refractivity contribution in [2.45, 2.75) is 26.3 Å². The van der Waals surface area contributed by atoms with Gasteiger partial charge in [0.15, 0.2) is 5.82 Å². The summed E-state index contributed by atoms with van der Waals surface area (Å²) in [4.78, 5) is 15.0. The first kappa shape index (κ1) is 11.3. The van der Waals surface area contributed by atoms with Crippen molar-refractivity contribution >= 4 is 5.97 Å². The topological polar surface area (TPSA) is 94.0 Å². The molecule has 17 heavy (non-hydrogen) atoms. The highest BCUT2D eigenvalue weighted by Crippen LogP contribution is 2.05. The summed E-state index contributed by atoms with van der Waals surface area (Å²) in [5.41, 5.74) is 0.104. The minimum absolute atomic E-state index is 0.104. The zero-order valence-electron chi connectivity index (χ0n) is 9.33. The summed E-state index contributed by atoms with van der Waals surface area (Å²) in [5, 5.41) is 16.6. The van der Waals surface area contributed by atoms with Gasteiger partial charge in [0.2, 0.25) is 5.89 Å². The summed E-state index contributed by atoms with van der Waals surface area (Å²) >= 11 is 0. The molecule has 0 aromatic carbocycles. The van der Waals surface area contributed by atoms with E-state index in [1.54, 1.807) is 0 Å². The molecule has 2 aromatic rings. The second-order valence-corrected chi connectivity index (χ2v) is 3.53. The van der Waals surface area contributed by atoms with Crippen LogP contribution in [0.5, 0.6) is 0 Å². The molecular formula is C10H12N4O3. The van der Waals surface area contributed by atoms with Crippen LogP contribution in [0.2, 0.25) is 0 Å².